The van der Waals surface area contributed by atoms with Gasteiger partial charge in [-0.2, -0.15) is 5.10 Å². The summed E-state index contributed by atoms with van der Waals surface area (Å²) >= 11 is 0. The Morgan fingerprint density at radius 2 is 1.74 bits per heavy atom. The first-order valence-electron chi connectivity index (χ1n) is 8.68. The minimum absolute atomic E-state index is 0.0648. The van der Waals surface area contributed by atoms with E-state index in [2.05, 4.69) is 15.7 Å². The second-order valence-corrected chi connectivity index (χ2v) is 6.33. The molecule has 0 aliphatic rings. The molecule has 3 aromatic rings. The highest BCUT2D eigenvalue weighted by Crippen LogP contribution is 2.17. The molecule has 2 amide bonds. The first kappa shape index (κ1) is 18.4. The SMILES string of the molecule is Cc1nn(C)c(C)c1CCC(=O)Nc1ccc(NC(=O)c2ccco2)cc1. The van der Waals surface area contributed by atoms with Gasteiger partial charge in [0.1, 0.15) is 0 Å². The number of nitrogens with one attached hydrogen (secondary N) is 2. The maximum absolute atomic E-state index is 12.2. The number of carbonyl (C=O) groups is 2. The number of benzene rings is 1. The van der Waals surface area contributed by atoms with E-state index >= 15 is 0 Å². The van der Waals surface area contributed by atoms with Crippen LogP contribution in [-0.4, -0.2) is 21.6 Å². The second kappa shape index (κ2) is 7.90. The molecule has 0 radical (unpaired) electrons. The number of hydrogen-bond acceptors (Lipinski definition) is 4. The highest BCUT2D eigenvalue weighted by Gasteiger charge is 2.12. The number of carbonyl (C=O) groups excluding carboxylic acids is 2. The number of furan rings is 1. The summed E-state index contributed by atoms with van der Waals surface area (Å²) in [6, 6.07) is 10.2. The molecule has 7 heteroatoms. The van der Waals surface area contributed by atoms with Crippen LogP contribution < -0.4 is 10.6 Å². The molecule has 3 rings (SSSR count). The van der Waals surface area contributed by atoms with Crippen LogP contribution in [0.5, 0.6) is 0 Å². The molecular weight excluding hydrogens is 344 g/mol. The largest absolute Gasteiger partial charge is 0.459 e. The molecule has 0 spiro atoms. The summed E-state index contributed by atoms with van der Waals surface area (Å²) in [5.74, 6) is -0.141. The van der Waals surface area contributed by atoms with E-state index in [0.29, 0.717) is 24.2 Å². The Balaban J connectivity index is 1.53. The highest BCUT2D eigenvalue weighted by atomic mass is 16.3. The van der Waals surface area contributed by atoms with Crippen LogP contribution in [0.25, 0.3) is 0 Å². The van der Waals surface area contributed by atoms with Gasteiger partial charge in [0.15, 0.2) is 5.76 Å². The number of nitrogens with zero attached hydrogens (tertiary/aromatic N) is 2. The monoisotopic (exact) mass is 366 g/mol. The van der Waals surface area contributed by atoms with Gasteiger partial charge in [0.25, 0.3) is 5.91 Å². The van der Waals surface area contributed by atoms with Gasteiger partial charge in [0.05, 0.1) is 12.0 Å². The van der Waals surface area contributed by atoms with Crippen molar-refractivity contribution < 1.29 is 14.0 Å². The molecule has 0 fully saturated rings. The lowest BCUT2D eigenvalue weighted by atomic mass is 10.1. The van der Waals surface area contributed by atoms with Gasteiger partial charge in [0, 0.05) is 30.5 Å². The van der Waals surface area contributed by atoms with Gasteiger partial charge < -0.3 is 15.1 Å². The molecule has 2 heterocycles. The van der Waals surface area contributed by atoms with E-state index in [0.717, 1.165) is 17.0 Å². The summed E-state index contributed by atoms with van der Waals surface area (Å²) in [5.41, 5.74) is 4.45. The van der Waals surface area contributed by atoms with E-state index in [-0.39, 0.29) is 17.6 Å². The number of aromatic nitrogens is 2. The van der Waals surface area contributed by atoms with Crippen molar-refractivity contribution in [2.45, 2.75) is 26.7 Å². The van der Waals surface area contributed by atoms with Crippen LogP contribution in [0.4, 0.5) is 11.4 Å². The normalized spacial score (nSPS) is 10.6. The van der Waals surface area contributed by atoms with E-state index in [9.17, 15) is 9.59 Å². The fourth-order valence-corrected chi connectivity index (χ4v) is 2.88. The lowest BCUT2D eigenvalue weighted by Gasteiger charge is -2.08. The van der Waals surface area contributed by atoms with Crippen LogP contribution in [0, 0.1) is 13.8 Å². The molecular formula is C20H22N4O3. The predicted octanol–water partition coefficient (Wildman–Crippen LogP) is 3.45. The van der Waals surface area contributed by atoms with Gasteiger partial charge in [-0.1, -0.05) is 0 Å². The molecule has 0 saturated heterocycles. The van der Waals surface area contributed by atoms with Crippen molar-refractivity contribution in [1.29, 1.82) is 0 Å². The second-order valence-electron chi connectivity index (χ2n) is 6.33. The van der Waals surface area contributed by atoms with Gasteiger partial charge in [0.2, 0.25) is 5.91 Å². The van der Waals surface area contributed by atoms with Crippen LogP contribution in [0.2, 0.25) is 0 Å². The van der Waals surface area contributed by atoms with Crippen molar-refractivity contribution in [3.63, 3.8) is 0 Å². The molecule has 0 aliphatic carbocycles. The Labute approximate surface area is 157 Å². The molecule has 0 unspecified atom stereocenters. The number of aryl methyl sites for hydroxylation is 2. The van der Waals surface area contributed by atoms with E-state index < -0.39 is 0 Å². The Bertz CT molecular complexity index is 941. The van der Waals surface area contributed by atoms with Crippen molar-refractivity contribution in [2.24, 2.45) is 7.05 Å². The summed E-state index contributed by atoms with van der Waals surface area (Å²) in [7, 11) is 1.90. The topological polar surface area (TPSA) is 89.2 Å². The summed E-state index contributed by atoms with van der Waals surface area (Å²) in [4.78, 5) is 24.1. The third kappa shape index (κ3) is 4.44. The smallest absolute Gasteiger partial charge is 0.291 e. The van der Waals surface area contributed by atoms with Crippen molar-refractivity contribution in [3.05, 3.63) is 65.4 Å². The van der Waals surface area contributed by atoms with Crippen LogP contribution in [0.1, 0.15) is 33.9 Å². The molecule has 140 valence electrons. The molecule has 0 aliphatic heterocycles. The lowest BCUT2D eigenvalue weighted by Crippen LogP contribution is -2.13. The maximum Gasteiger partial charge on any atom is 0.291 e. The molecule has 2 N–H and O–H groups in total. The Morgan fingerprint density at radius 3 is 2.30 bits per heavy atom. The number of amides is 2. The molecule has 7 nitrogen and oxygen atoms in total. The van der Waals surface area contributed by atoms with Gasteiger partial charge >= 0.3 is 0 Å². The van der Waals surface area contributed by atoms with Gasteiger partial charge in [-0.25, -0.2) is 0 Å². The van der Waals surface area contributed by atoms with Gasteiger partial charge in [-0.15, -0.1) is 0 Å². The Hall–Kier alpha value is -3.35. The third-order valence-electron chi connectivity index (χ3n) is 4.43. The highest BCUT2D eigenvalue weighted by molar-refractivity contribution is 6.02. The summed E-state index contributed by atoms with van der Waals surface area (Å²) < 4.78 is 6.88. The van der Waals surface area contributed by atoms with E-state index in [1.54, 1.807) is 36.4 Å². The lowest BCUT2D eigenvalue weighted by molar-refractivity contribution is -0.116. The standard InChI is InChI=1S/C20H22N4O3/c1-13-17(14(2)24(3)23-13)10-11-19(25)21-15-6-8-16(9-7-15)22-20(26)18-5-4-12-27-18/h4-9,12H,10-11H2,1-3H3,(H,21,25)(H,22,26). The zero-order valence-electron chi connectivity index (χ0n) is 15.6. The first-order valence-corrected chi connectivity index (χ1v) is 8.68. The quantitative estimate of drug-likeness (QED) is 0.699. The molecule has 0 bridgehead atoms. The van der Waals surface area contributed by atoms with Crippen LogP contribution in [0.3, 0.4) is 0 Å². The van der Waals surface area contributed by atoms with Gasteiger partial charge in [-0.3, -0.25) is 14.3 Å². The van der Waals surface area contributed by atoms with Crippen LogP contribution in [0.15, 0.2) is 47.1 Å². The Morgan fingerprint density at radius 1 is 1.07 bits per heavy atom. The molecule has 27 heavy (non-hydrogen) atoms. The van der Waals surface area contributed by atoms with Crippen LogP contribution >= 0.6 is 0 Å². The fourth-order valence-electron chi connectivity index (χ4n) is 2.88. The average molecular weight is 366 g/mol. The zero-order chi connectivity index (χ0) is 19.4. The van der Waals surface area contributed by atoms with Gasteiger partial charge in [-0.05, 0) is 62.2 Å². The maximum atomic E-state index is 12.2. The van der Waals surface area contributed by atoms with Crippen molar-refractivity contribution in [3.8, 4) is 0 Å². The number of hydrogen-bond donors (Lipinski definition) is 2. The predicted molar refractivity (Wildman–Crippen MR) is 103 cm³/mol. The molecule has 0 atom stereocenters. The first-order chi connectivity index (χ1) is 12.9. The summed E-state index contributed by atoms with van der Waals surface area (Å²) in [6.45, 7) is 3.96. The van der Waals surface area contributed by atoms with E-state index in [1.807, 2.05) is 25.6 Å². The molecule has 2 aromatic heterocycles. The van der Waals surface area contributed by atoms with Crippen molar-refractivity contribution in [1.82, 2.24) is 9.78 Å². The third-order valence-corrected chi connectivity index (χ3v) is 4.43. The zero-order valence-corrected chi connectivity index (χ0v) is 15.6. The number of rotatable bonds is 6. The Kier molecular flexibility index (Phi) is 5.40. The van der Waals surface area contributed by atoms with E-state index in [4.69, 9.17) is 4.42 Å². The van der Waals surface area contributed by atoms with Crippen LogP contribution in [-0.2, 0) is 18.3 Å². The van der Waals surface area contributed by atoms with Crippen molar-refractivity contribution in [2.75, 3.05) is 10.6 Å². The minimum Gasteiger partial charge on any atom is -0.459 e. The molecule has 0 saturated carbocycles. The fraction of sp³-hybridized carbons (Fsp3) is 0.250. The number of anilines is 2. The summed E-state index contributed by atoms with van der Waals surface area (Å²) in [6.07, 6.45) is 2.47. The minimum atomic E-state index is -0.320. The van der Waals surface area contributed by atoms with E-state index in [1.165, 1.54) is 6.26 Å². The average Bonchev–Trinajstić information content (AvgIpc) is 3.25. The van der Waals surface area contributed by atoms with Crippen molar-refractivity contribution >= 4 is 23.2 Å². The summed E-state index contributed by atoms with van der Waals surface area (Å²) in [5, 5.41) is 9.97. The molecule has 1 aromatic carbocycles.